The number of hydrogen-bond donors (Lipinski definition) is 1. The average Bonchev–Trinajstić information content (AvgIpc) is 3.62. The number of nitrogens with one attached hydrogen (secondary N) is 1. The second-order valence-corrected chi connectivity index (χ2v) is 14.1. The van der Waals surface area contributed by atoms with Crippen molar-refractivity contribution < 1.29 is 75.9 Å². The van der Waals surface area contributed by atoms with Crippen LogP contribution in [0.5, 0.6) is 0 Å². The molecule has 0 bridgehead atoms. The van der Waals surface area contributed by atoms with Crippen LogP contribution in [0.1, 0.15) is 110 Å². The van der Waals surface area contributed by atoms with E-state index in [2.05, 4.69) is 35.6 Å². The minimum Gasteiger partial charge on any atom is -0.835 e. The summed E-state index contributed by atoms with van der Waals surface area (Å²) in [7, 11) is 0. The van der Waals surface area contributed by atoms with Crippen molar-refractivity contribution in [1.82, 2.24) is 10.3 Å². The zero-order valence-corrected chi connectivity index (χ0v) is 32.2. The van der Waals surface area contributed by atoms with E-state index in [4.69, 9.17) is 14.1 Å². The molecule has 4 aromatic rings. The van der Waals surface area contributed by atoms with Crippen molar-refractivity contribution in [2.24, 2.45) is 0 Å². The van der Waals surface area contributed by atoms with Crippen molar-refractivity contribution in [3.63, 3.8) is 0 Å². The van der Waals surface area contributed by atoms with Crippen LogP contribution in [-0.2, 0) is 15.3 Å². The number of esters is 1. The Hall–Kier alpha value is -1.40. The van der Waals surface area contributed by atoms with Crippen LogP contribution in [-0.4, -0.2) is 28.1 Å². The molecule has 0 amide bonds. The number of rotatable bonds is 8. The molecule has 45 heavy (non-hydrogen) atoms. The topological polar surface area (TPSA) is 119 Å². The van der Waals surface area contributed by atoms with E-state index in [1.165, 1.54) is 37.1 Å². The molecular formula is C36H49KN2O5S. The van der Waals surface area contributed by atoms with E-state index in [0.29, 0.717) is 12.3 Å². The van der Waals surface area contributed by atoms with E-state index in [1.54, 1.807) is 24.5 Å². The predicted molar refractivity (Wildman–Crippen MR) is 179 cm³/mol. The molecule has 7 nitrogen and oxygen atoms in total. The third-order valence-electron chi connectivity index (χ3n) is 7.50. The Balaban J connectivity index is 0.000000564. The molecule has 1 atom stereocenters. The molecular weight excluding hydrogens is 612 g/mol. The zero-order chi connectivity index (χ0) is 31.2. The van der Waals surface area contributed by atoms with Gasteiger partial charge in [-0.05, 0) is 100 Å². The van der Waals surface area contributed by atoms with Crippen LogP contribution in [0, 0.1) is 0 Å². The number of benzene rings is 2. The molecule has 5 rings (SSSR count). The largest absolute Gasteiger partial charge is 1.00 e. The molecule has 0 radical (unpaired) electrons. The first kappa shape index (κ1) is 39.8. The van der Waals surface area contributed by atoms with Crippen molar-refractivity contribution in [1.29, 1.82) is 0 Å². The molecule has 1 aliphatic rings. The molecule has 0 saturated heterocycles. The number of furan rings is 1. The summed E-state index contributed by atoms with van der Waals surface area (Å²) in [5.74, 6) is 0.468. The molecule has 1 unspecified atom stereocenters. The number of ether oxygens (including phenoxy) is 1. The summed E-state index contributed by atoms with van der Waals surface area (Å²) in [4.78, 5) is 16.5. The van der Waals surface area contributed by atoms with Crippen LogP contribution < -0.4 is 61.8 Å². The molecule has 9 heteroatoms. The number of aromatic nitrogens is 1. The molecule has 0 spiro atoms. The predicted octanol–water partition coefficient (Wildman–Crippen LogP) is 5.11. The van der Waals surface area contributed by atoms with Crippen LogP contribution >= 0.6 is 11.3 Å². The molecule has 1 aliphatic carbocycles. The van der Waals surface area contributed by atoms with Crippen LogP contribution in [0.3, 0.4) is 0 Å². The Labute approximate surface area is 315 Å². The quantitative estimate of drug-likeness (QED) is 0.159. The molecule has 0 aliphatic heterocycles. The smallest absolute Gasteiger partial charge is 0.835 e. The van der Waals surface area contributed by atoms with Crippen molar-refractivity contribution in [2.75, 3.05) is 0 Å². The average molecular weight is 661 g/mol. The van der Waals surface area contributed by atoms with E-state index in [1.807, 2.05) is 59.9 Å². The van der Waals surface area contributed by atoms with Gasteiger partial charge in [0.25, 0.3) is 0 Å². The van der Waals surface area contributed by atoms with Gasteiger partial charge in [-0.2, -0.15) is 0 Å². The van der Waals surface area contributed by atoms with Crippen molar-refractivity contribution >= 4 is 28.3 Å². The number of thiazole rings is 1. The monoisotopic (exact) mass is 660 g/mol. The van der Waals surface area contributed by atoms with Gasteiger partial charge in [-0.1, -0.05) is 57.4 Å². The van der Waals surface area contributed by atoms with Gasteiger partial charge in [0.1, 0.15) is 5.58 Å². The first-order valence-corrected chi connectivity index (χ1v) is 16.5. The molecule has 2 aromatic heterocycles. The molecule has 3 N–H and O–H groups in total. The molecule has 2 heterocycles. The Bertz CT molecular complexity index is 1500. The van der Waals surface area contributed by atoms with E-state index < -0.39 is 5.72 Å². The SMILES string of the molecule is CC(C)(C)NC(C)([O-])c1cc(-c2ccc3occc3c2)ccc1-c1cnc(C2CCCCC2)s1.CCCC(=O)OC(C)C.O.[K+]. The molecule has 2 aromatic carbocycles. The molecule has 1 fully saturated rings. The normalized spacial score (nSPS) is 15.0. The first-order chi connectivity index (χ1) is 20.4. The standard InChI is InChI=1S/C29H33N2O2S.C7H14O2.K.H2O/c1-28(2,3)31-29(4,32)24-17-21(20-11-13-25-22(16-20)14-15-33-25)10-12-23(24)26-18-30-27(34-26)19-8-6-5-7-9-19;1-4-5-7(8)9-6(2)3;;/h10-19,31H,5-9H2,1-4H3;6H,4-5H2,1-3H3;;1H2/q-1;;+1;. The van der Waals surface area contributed by atoms with E-state index in [0.717, 1.165) is 44.5 Å². The Morgan fingerprint density at radius 3 is 2.38 bits per heavy atom. The van der Waals surface area contributed by atoms with Gasteiger partial charge in [-0.15, -0.1) is 11.3 Å². The fourth-order valence-corrected chi connectivity index (χ4v) is 6.87. The zero-order valence-electron chi connectivity index (χ0n) is 28.3. The fraction of sp³-hybridized carbons (Fsp3) is 0.500. The second-order valence-electron chi connectivity index (χ2n) is 13.0. The minimum atomic E-state index is -1.46. The third-order valence-corrected chi connectivity index (χ3v) is 8.69. The molecule has 240 valence electrons. The number of carbonyl (C=O) groups is 1. The van der Waals surface area contributed by atoms with Gasteiger partial charge in [-0.3, -0.25) is 4.79 Å². The van der Waals surface area contributed by atoms with Gasteiger partial charge >= 0.3 is 57.4 Å². The van der Waals surface area contributed by atoms with Gasteiger partial charge < -0.3 is 25.1 Å². The van der Waals surface area contributed by atoms with Crippen LogP contribution in [0.2, 0.25) is 0 Å². The van der Waals surface area contributed by atoms with E-state index >= 15 is 0 Å². The van der Waals surface area contributed by atoms with Crippen LogP contribution in [0.25, 0.3) is 32.5 Å². The number of nitrogens with zero attached hydrogens (tertiary/aromatic N) is 1. The number of hydrogen-bond acceptors (Lipinski definition) is 7. The number of carbonyl (C=O) groups excluding carboxylic acids is 1. The van der Waals surface area contributed by atoms with Gasteiger partial charge in [-0.25, -0.2) is 4.98 Å². The summed E-state index contributed by atoms with van der Waals surface area (Å²) in [6.07, 6.45) is 11.5. The Kier molecular flexibility index (Phi) is 15.6. The van der Waals surface area contributed by atoms with E-state index in [-0.39, 0.29) is 74.5 Å². The van der Waals surface area contributed by atoms with Gasteiger partial charge in [0, 0.05) is 29.5 Å². The maximum atomic E-state index is 14.0. The molecule has 1 saturated carbocycles. The van der Waals surface area contributed by atoms with Crippen LogP contribution in [0.4, 0.5) is 0 Å². The van der Waals surface area contributed by atoms with Crippen molar-refractivity contribution in [3.05, 3.63) is 65.5 Å². The van der Waals surface area contributed by atoms with Crippen LogP contribution in [0.15, 0.2) is 59.3 Å². The summed E-state index contributed by atoms with van der Waals surface area (Å²) in [5, 5.41) is 19.6. The summed E-state index contributed by atoms with van der Waals surface area (Å²) in [6, 6.07) is 14.4. The Morgan fingerprint density at radius 1 is 1.07 bits per heavy atom. The summed E-state index contributed by atoms with van der Waals surface area (Å²) < 4.78 is 10.4. The maximum absolute atomic E-state index is 14.0. The fourth-order valence-electron chi connectivity index (χ4n) is 5.74. The summed E-state index contributed by atoms with van der Waals surface area (Å²) >= 11 is 1.76. The Morgan fingerprint density at radius 2 is 1.73 bits per heavy atom. The summed E-state index contributed by atoms with van der Waals surface area (Å²) in [6.45, 7) is 13.5. The first-order valence-electron chi connectivity index (χ1n) is 15.6. The van der Waals surface area contributed by atoms with Gasteiger partial charge in [0.05, 0.1) is 22.3 Å². The maximum Gasteiger partial charge on any atom is 1.00 e. The van der Waals surface area contributed by atoms with Crippen molar-refractivity contribution in [2.45, 2.75) is 117 Å². The van der Waals surface area contributed by atoms with Gasteiger partial charge in [0.15, 0.2) is 0 Å². The van der Waals surface area contributed by atoms with Crippen molar-refractivity contribution in [3.8, 4) is 21.6 Å². The number of fused-ring (bicyclic) bond motifs is 1. The minimum absolute atomic E-state index is 0. The second kappa shape index (κ2) is 17.7. The van der Waals surface area contributed by atoms with E-state index in [9.17, 15) is 9.90 Å². The summed E-state index contributed by atoms with van der Waals surface area (Å²) in [5.41, 5.74) is 2.91. The third kappa shape index (κ3) is 11.4. The van der Waals surface area contributed by atoms with Gasteiger partial charge in [0.2, 0.25) is 0 Å².